The summed E-state index contributed by atoms with van der Waals surface area (Å²) >= 11 is 0. The quantitative estimate of drug-likeness (QED) is 0.158. The first kappa shape index (κ1) is 33.0. The molecule has 6 aromatic rings. The summed E-state index contributed by atoms with van der Waals surface area (Å²) in [6.07, 6.45) is 0. The standard InChI is InChI=1S/C42H38N2O.Pt/c1-41(2,3)31-25-37(35-23-15-13-21-33(35)29-17-9-7-10-18-29)43-39(27-31)45-40-28-32(42(4,5)6)26-38(44-40)36-24-16-14-22-34(36)30-19-11-8-12-20-30;/h7-17,19,21-28H,1-6H3;/q-2;+2. The van der Waals surface area contributed by atoms with E-state index in [9.17, 15) is 0 Å². The first-order chi connectivity index (χ1) is 21.6. The average molecular weight is 782 g/mol. The number of nitrogens with zero attached hydrogens (tertiary/aromatic N) is 2. The zero-order chi connectivity index (χ0) is 31.6. The van der Waals surface area contributed by atoms with E-state index in [1.807, 2.05) is 48.5 Å². The Morgan fingerprint density at radius 2 is 0.848 bits per heavy atom. The molecule has 0 N–H and O–H groups in total. The molecule has 232 valence electrons. The van der Waals surface area contributed by atoms with Crippen molar-refractivity contribution in [1.29, 1.82) is 0 Å². The third kappa shape index (κ3) is 7.38. The van der Waals surface area contributed by atoms with Crippen LogP contribution in [0.25, 0.3) is 44.8 Å². The van der Waals surface area contributed by atoms with Crippen LogP contribution in [0.2, 0.25) is 0 Å². The minimum absolute atomic E-state index is 0. The van der Waals surface area contributed by atoms with Gasteiger partial charge in [0.25, 0.3) is 0 Å². The molecular weight excluding hydrogens is 744 g/mol. The predicted octanol–water partition coefficient (Wildman–Crippen LogP) is 11.1. The van der Waals surface area contributed by atoms with Gasteiger partial charge in [0.2, 0.25) is 11.8 Å². The van der Waals surface area contributed by atoms with E-state index in [-0.39, 0.29) is 31.9 Å². The molecule has 2 aromatic heterocycles. The number of hydrogen-bond donors (Lipinski definition) is 0. The van der Waals surface area contributed by atoms with Gasteiger partial charge in [-0.15, -0.1) is 71.8 Å². The van der Waals surface area contributed by atoms with Gasteiger partial charge in [0.15, 0.2) is 0 Å². The smallest absolute Gasteiger partial charge is 0.421 e. The zero-order valence-corrected chi connectivity index (χ0v) is 29.4. The average Bonchev–Trinajstić information content (AvgIpc) is 3.04. The van der Waals surface area contributed by atoms with Crippen LogP contribution in [0, 0.1) is 12.1 Å². The van der Waals surface area contributed by atoms with Crippen LogP contribution in [-0.4, -0.2) is 9.97 Å². The molecule has 0 aliphatic heterocycles. The largest absolute Gasteiger partial charge is 2.00 e. The maximum Gasteiger partial charge on any atom is 2.00 e. The van der Waals surface area contributed by atoms with Crippen LogP contribution in [0.3, 0.4) is 0 Å². The Kier molecular flexibility index (Phi) is 9.75. The Labute approximate surface area is 288 Å². The molecule has 0 bridgehead atoms. The molecule has 0 saturated carbocycles. The molecule has 3 nitrogen and oxygen atoms in total. The van der Waals surface area contributed by atoms with Gasteiger partial charge in [0, 0.05) is 12.1 Å². The zero-order valence-electron chi connectivity index (χ0n) is 27.2. The molecule has 0 unspecified atom stereocenters. The van der Waals surface area contributed by atoms with Crippen molar-refractivity contribution in [3.8, 4) is 56.5 Å². The number of pyridine rings is 2. The molecule has 0 fully saturated rings. The van der Waals surface area contributed by atoms with Crippen LogP contribution in [0.15, 0.2) is 121 Å². The van der Waals surface area contributed by atoms with Gasteiger partial charge in [-0.05, 0) is 45.2 Å². The van der Waals surface area contributed by atoms with Crippen molar-refractivity contribution >= 4 is 0 Å². The number of hydrogen-bond acceptors (Lipinski definition) is 3. The molecule has 0 amide bonds. The molecule has 0 aliphatic carbocycles. The molecule has 6 rings (SSSR count). The van der Waals surface area contributed by atoms with Gasteiger partial charge in [0.05, 0.1) is 11.4 Å². The van der Waals surface area contributed by atoms with Crippen molar-refractivity contribution < 1.29 is 25.8 Å². The van der Waals surface area contributed by atoms with Gasteiger partial charge in [0.1, 0.15) is 0 Å². The van der Waals surface area contributed by atoms with Crippen molar-refractivity contribution in [3.05, 3.63) is 145 Å². The van der Waals surface area contributed by atoms with Gasteiger partial charge >= 0.3 is 21.1 Å². The maximum absolute atomic E-state index is 6.63. The second kappa shape index (κ2) is 13.6. The summed E-state index contributed by atoms with van der Waals surface area (Å²) in [5.74, 6) is 1.02. The van der Waals surface area contributed by atoms with E-state index in [0.29, 0.717) is 11.8 Å². The van der Waals surface area contributed by atoms with Crippen LogP contribution in [0.5, 0.6) is 11.8 Å². The summed E-state index contributed by atoms with van der Waals surface area (Å²) < 4.78 is 6.63. The molecule has 4 aromatic carbocycles. The van der Waals surface area contributed by atoms with E-state index in [1.165, 1.54) is 0 Å². The van der Waals surface area contributed by atoms with E-state index >= 15 is 0 Å². The summed E-state index contributed by atoms with van der Waals surface area (Å²) in [6.45, 7) is 13.3. The minimum atomic E-state index is -0.124. The second-order valence-electron chi connectivity index (χ2n) is 13.4. The summed E-state index contributed by atoms with van der Waals surface area (Å²) in [7, 11) is 0. The third-order valence-electron chi connectivity index (χ3n) is 7.95. The Morgan fingerprint density at radius 3 is 1.20 bits per heavy atom. The first-order valence-corrected chi connectivity index (χ1v) is 15.4. The van der Waals surface area contributed by atoms with Gasteiger partial charge in [-0.1, -0.05) is 101 Å². The molecule has 0 radical (unpaired) electrons. The molecule has 4 heteroatoms. The number of benzene rings is 4. The monoisotopic (exact) mass is 781 g/mol. The number of ether oxygens (including phenoxy) is 1. The van der Waals surface area contributed by atoms with Gasteiger partial charge in [-0.25, -0.2) is 9.97 Å². The summed E-state index contributed by atoms with van der Waals surface area (Å²) in [6, 6.07) is 48.0. The van der Waals surface area contributed by atoms with E-state index in [4.69, 9.17) is 14.7 Å². The molecule has 2 heterocycles. The van der Waals surface area contributed by atoms with Gasteiger partial charge in [-0.3, -0.25) is 0 Å². The van der Waals surface area contributed by atoms with Crippen LogP contribution < -0.4 is 4.74 Å². The third-order valence-corrected chi connectivity index (χ3v) is 7.95. The minimum Gasteiger partial charge on any atom is -0.421 e. The van der Waals surface area contributed by atoms with E-state index in [2.05, 4.69) is 126 Å². The SMILES string of the molecule is CC(C)(C)c1cc(Oc2cc(C(C)(C)C)cc(-c3ccccc3-c3[c-]cccc3)n2)nc(-c2ccccc2-c2[c-]cccc2)c1.[Pt+2]. The van der Waals surface area contributed by atoms with Crippen molar-refractivity contribution in [1.82, 2.24) is 9.97 Å². The van der Waals surface area contributed by atoms with E-state index in [1.54, 1.807) is 0 Å². The van der Waals surface area contributed by atoms with Crippen LogP contribution in [0.4, 0.5) is 0 Å². The van der Waals surface area contributed by atoms with Crippen molar-refractivity contribution in [2.45, 2.75) is 52.4 Å². The van der Waals surface area contributed by atoms with E-state index in [0.717, 1.165) is 55.9 Å². The van der Waals surface area contributed by atoms with Crippen molar-refractivity contribution in [3.63, 3.8) is 0 Å². The number of aromatic nitrogens is 2. The van der Waals surface area contributed by atoms with Gasteiger partial charge < -0.3 is 4.74 Å². The molecule has 0 atom stereocenters. The predicted molar refractivity (Wildman–Crippen MR) is 185 cm³/mol. The van der Waals surface area contributed by atoms with Crippen LogP contribution in [-0.2, 0) is 31.9 Å². The van der Waals surface area contributed by atoms with E-state index < -0.39 is 0 Å². The number of rotatable bonds is 6. The Morgan fingerprint density at radius 1 is 0.478 bits per heavy atom. The molecular formula is C42H38N2OPt. The Balaban J connectivity index is 0.00000417. The second-order valence-corrected chi connectivity index (χ2v) is 13.4. The topological polar surface area (TPSA) is 35.0 Å². The van der Waals surface area contributed by atoms with Crippen molar-refractivity contribution in [2.75, 3.05) is 0 Å². The van der Waals surface area contributed by atoms with Crippen LogP contribution >= 0.6 is 0 Å². The van der Waals surface area contributed by atoms with Gasteiger partial charge in [-0.2, -0.15) is 0 Å². The fraction of sp³-hybridized carbons (Fsp3) is 0.190. The fourth-order valence-electron chi connectivity index (χ4n) is 5.37. The normalized spacial score (nSPS) is 11.5. The Hall–Kier alpha value is -4.33. The molecule has 0 aliphatic rings. The summed E-state index contributed by atoms with van der Waals surface area (Å²) in [4.78, 5) is 10.2. The molecule has 0 saturated heterocycles. The molecule has 46 heavy (non-hydrogen) atoms. The maximum atomic E-state index is 6.63. The summed E-state index contributed by atoms with van der Waals surface area (Å²) in [5, 5.41) is 0. The van der Waals surface area contributed by atoms with Crippen molar-refractivity contribution in [2.24, 2.45) is 0 Å². The van der Waals surface area contributed by atoms with Crippen LogP contribution in [0.1, 0.15) is 52.7 Å². The summed E-state index contributed by atoms with van der Waals surface area (Å²) in [5.41, 5.74) is 9.97. The first-order valence-electron chi connectivity index (χ1n) is 15.4. The Bertz CT molecular complexity index is 1800. The fourth-order valence-corrected chi connectivity index (χ4v) is 5.37. The molecule has 0 spiro atoms.